The molecule has 0 atom stereocenters. The third-order valence-electron chi connectivity index (χ3n) is 9.68. The molecule has 0 aliphatic carbocycles. The number of aliphatic hydroxyl groups is 2. The number of unbranched alkanes of at least 4 members (excludes halogenated alkanes) is 3. The topological polar surface area (TPSA) is 112 Å². The molecule has 0 heterocycles. The van der Waals surface area contributed by atoms with Crippen LogP contribution in [0.3, 0.4) is 0 Å². The molecule has 0 amide bonds. The number of esters is 2. The summed E-state index contributed by atoms with van der Waals surface area (Å²) in [5.74, 6) is 0.604. The van der Waals surface area contributed by atoms with Gasteiger partial charge in [0.05, 0.1) is 26.4 Å². The highest BCUT2D eigenvalue weighted by molar-refractivity contribution is 5.86. The van der Waals surface area contributed by atoms with Gasteiger partial charge in [0.25, 0.3) is 0 Å². The minimum Gasteiger partial charge on any atom is -0.493 e. The fourth-order valence-corrected chi connectivity index (χ4v) is 6.11. The summed E-state index contributed by atoms with van der Waals surface area (Å²) in [6.07, 6.45) is 10.4. The first-order chi connectivity index (χ1) is 25.7. The molecule has 0 radical (unpaired) electrons. The van der Waals surface area contributed by atoms with Crippen LogP contribution in [0.25, 0.3) is 11.1 Å². The van der Waals surface area contributed by atoms with Crippen LogP contribution in [0.1, 0.15) is 101 Å². The van der Waals surface area contributed by atoms with E-state index < -0.39 is 11.4 Å². The summed E-state index contributed by atoms with van der Waals surface area (Å²) in [6.45, 7) is 11.9. The average molecular weight is 731 g/mol. The molecule has 8 heteroatoms. The standard InChI is InChI=1S/C45H62O8/c1-6-9-11-12-35-13-15-36(16-14-35)17-18-37-19-21-40(42(30-37)51-28-29-53-44(49)34(4)5)38-20-22-41(39(31-38)23-26-52-43(48)8-3)50-27-25-45(32-46,33-47)24-10-7-2/h13-16,19-22,30-31,46-47H,4,6-12,17-18,23-29,32-33H2,1-3,5H3. The molecule has 3 aromatic rings. The van der Waals surface area contributed by atoms with E-state index in [-0.39, 0.29) is 39.0 Å². The second kappa shape index (κ2) is 23.5. The van der Waals surface area contributed by atoms with Gasteiger partial charge in [-0.2, -0.15) is 0 Å². The number of benzene rings is 3. The van der Waals surface area contributed by atoms with Crippen molar-refractivity contribution < 1.29 is 38.7 Å². The number of rotatable bonds is 26. The Morgan fingerprint density at radius 3 is 1.98 bits per heavy atom. The molecule has 0 aliphatic heterocycles. The summed E-state index contributed by atoms with van der Waals surface area (Å²) in [6, 6.07) is 21.1. The first-order valence-corrected chi connectivity index (χ1v) is 19.5. The molecule has 3 aromatic carbocycles. The van der Waals surface area contributed by atoms with Crippen LogP contribution < -0.4 is 9.47 Å². The van der Waals surface area contributed by atoms with Gasteiger partial charge in [-0.3, -0.25) is 4.79 Å². The van der Waals surface area contributed by atoms with Gasteiger partial charge in [0.2, 0.25) is 0 Å². The molecular weight excluding hydrogens is 668 g/mol. The highest BCUT2D eigenvalue weighted by Gasteiger charge is 2.28. The van der Waals surface area contributed by atoms with Crippen molar-refractivity contribution in [1.29, 1.82) is 0 Å². The van der Waals surface area contributed by atoms with E-state index in [1.165, 1.54) is 30.4 Å². The maximum absolute atomic E-state index is 12.0. The lowest BCUT2D eigenvalue weighted by Gasteiger charge is -2.30. The van der Waals surface area contributed by atoms with Crippen molar-refractivity contribution in [3.63, 3.8) is 0 Å². The van der Waals surface area contributed by atoms with Gasteiger partial charge < -0.3 is 29.2 Å². The van der Waals surface area contributed by atoms with E-state index in [0.717, 1.165) is 60.8 Å². The predicted molar refractivity (Wildman–Crippen MR) is 211 cm³/mol. The zero-order valence-corrected chi connectivity index (χ0v) is 32.6. The summed E-state index contributed by atoms with van der Waals surface area (Å²) in [4.78, 5) is 23.9. The van der Waals surface area contributed by atoms with Crippen LogP contribution in [0.2, 0.25) is 0 Å². The fourth-order valence-electron chi connectivity index (χ4n) is 6.11. The van der Waals surface area contributed by atoms with Gasteiger partial charge in [-0.05, 0) is 91.5 Å². The molecule has 0 bridgehead atoms. The number of hydrogen-bond acceptors (Lipinski definition) is 8. The third kappa shape index (κ3) is 14.7. The Labute approximate surface area is 317 Å². The third-order valence-corrected chi connectivity index (χ3v) is 9.68. The second-order valence-electron chi connectivity index (χ2n) is 14.0. The second-order valence-corrected chi connectivity index (χ2v) is 14.0. The fraction of sp³-hybridized carbons (Fsp3) is 0.511. The number of ether oxygens (including phenoxy) is 4. The highest BCUT2D eigenvalue weighted by atomic mass is 16.6. The lowest BCUT2D eigenvalue weighted by atomic mass is 9.81. The Balaban J connectivity index is 1.86. The monoisotopic (exact) mass is 730 g/mol. The summed E-state index contributed by atoms with van der Waals surface area (Å²) in [5, 5.41) is 20.2. The van der Waals surface area contributed by atoms with Crippen molar-refractivity contribution in [2.45, 2.75) is 105 Å². The van der Waals surface area contributed by atoms with Gasteiger partial charge in [0.1, 0.15) is 24.7 Å². The summed E-state index contributed by atoms with van der Waals surface area (Å²) in [7, 11) is 0. The molecule has 0 unspecified atom stereocenters. The van der Waals surface area contributed by atoms with Gasteiger partial charge in [0.15, 0.2) is 0 Å². The van der Waals surface area contributed by atoms with Crippen LogP contribution in [-0.4, -0.2) is 61.8 Å². The van der Waals surface area contributed by atoms with Gasteiger partial charge in [-0.15, -0.1) is 0 Å². The normalized spacial score (nSPS) is 11.3. The maximum Gasteiger partial charge on any atom is 0.333 e. The molecule has 8 nitrogen and oxygen atoms in total. The van der Waals surface area contributed by atoms with E-state index in [0.29, 0.717) is 42.9 Å². The van der Waals surface area contributed by atoms with Gasteiger partial charge >= 0.3 is 11.9 Å². The minimum absolute atomic E-state index is 0.0855. The zero-order valence-electron chi connectivity index (χ0n) is 32.6. The number of carbonyl (C=O) groups excluding carboxylic acids is 2. The van der Waals surface area contributed by atoms with Crippen molar-refractivity contribution in [3.8, 4) is 22.6 Å². The lowest BCUT2D eigenvalue weighted by Crippen LogP contribution is -2.32. The SMILES string of the molecule is C=C(C)C(=O)OCCOc1cc(CCc2ccc(CCCCC)cc2)ccc1-c1ccc(OCCC(CO)(CO)CCCC)c(CCOC(=O)CC)c1. The predicted octanol–water partition coefficient (Wildman–Crippen LogP) is 8.80. The maximum atomic E-state index is 12.0. The highest BCUT2D eigenvalue weighted by Crippen LogP contribution is 2.35. The van der Waals surface area contributed by atoms with Gasteiger partial charge in [0, 0.05) is 29.4 Å². The Bertz CT molecular complexity index is 1560. The molecule has 2 N–H and O–H groups in total. The quantitative estimate of drug-likeness (QED) is 0.0479. The van der Waals surface area contributed by atoms with E-state index in [2.05, 4.69) is 62.9 Å². The molecule has 0 fully saturated rings. The molecular formula is C45H62O8. The van der Waals surface area contributed by atoms with E-state index in [4.69, 9.17) is 18.9 Å². The Morgan fingerprint density at radius 1 is 0.660 bits per heavy atom. The first kappa shape index (κ1) is 43.3. The summed E-state index contributed by atoms with van der Waals surface area (Å²) < 4.78 is 23.3. The van der Waals surface area contributed by atoms with Crippen LogP contribution in [0.4, 0.5) is 0 Å². The Hall–Kier alpha value is -4.14. The summed E-state index contributed by atoms with van der Waals surface area (Å²) >= 11 is 0. The molecule has 53 heavy (non-hydrogen) atoms. The first-order valence-electron chi connectivity index (χ1n) is 19.5. The van der Waals surface area contributed by atoms with Crippen LogP contribution in [0.5, 0.6) is 11.5 Å². The van der Waals surface area contributed by atoms with E-state index in [1.54, 1.807) is 13.8 Å². The van der Waals surface area contributed by atoms with Gasteiger partial charge in [-0.1, -0.05) is 95.5 Å². The van der Waals surface area contributed by atoms with Crippen LogP contribution in [-0.2, 0) is 44.7 Å². The molecule has 0 aromatic heterocycles. The molecule has 0 spiro atoms. The van der Waals surface area contributed by atoms with Crippen LogP contribution >= 0.6 is 0 Å². The van der Waals surface area contributed by atoms with Crippen LogP contribution in [0, 0.1) is 5.41 Å². The molecule has 0 aliphatic rings. The number of carbonyl (C=O) groups is 2. The zero-order chi connectivity index (χ0) is 38.5. The van der Waals surface area contributed by atoms with Gasteiger partial charge in [-0.25, -0.2) is 4.79 Å². The van der Waals surface area contributed by atoms with Crippen molar-refractivity contribution in [2.75, 3.05) is 39.6 Å². The van der Waals surface area contributed by atoms with E-state index in [9.17, 15) is 19.8 Å². The van der Waals surface area contributed by atoms with Crippen molar-refractivity contribution in [3.05, 3.63) is 95.1 Å². The summed E-state index contributed by atoms with van der Waals surface area (Å²) in [5.41, 5.74) is 6.15. The smallest absolute Gasteiger partial charge is 0.333 e. The van der Waals surface area contributed by atoms with Crippen molar-refractivity contribution >= 4 is 11.9 Å². The number of hydrogen-bond donors (Lipinski definition) is 2. The Morgan fingerprint density at radius 2 is 1.32 bits per heavy atom. The number of aliphatic hydroxyl groups excluding tert-OH is 2. The van der Waals surface area contributed by atoms with E-state index >= 15 is 0 Å². The molecule has 290 valence electrons. The average Bonchev–Trinajstić information content (AvgIpc) is 3.18. The van der Waals surface area contributed by atoms with Crippen molar-refractivity contribution in [1.82, 2.24) is 0 Å². The molecule has 0 saturated heterocycles. The lowest BCUT2D eigenvalue weighted by molar-refractivity contribution is -0.143. The molecule has 0 saturated carbocycles. The van der Waals surface area contributed by atoms with Crippen LogP contribution in [0.15, 0.2) is 72.8 Å². The minimum atomic E-state index is -0.600. The van der Waals surface area contributed by atoms with E-state index in [1.807, 2.05) is 18.2 Å². The largest absolute Gasteiger partial charge is 0.493 e. The van der Waals surface area contributed by atoms with Crippen molar-refractivity contribution in [2.24, 2.45) is 5.41 Å². The molecule has 3 rings (SSSR count). The Kier molecular flexibility index (Phi) is 19.2. The number of aryl methyl sites for hydroxylation is 3.